The van der Waals surface area contributed by atoms with Crippen LogP contribution >= 0.6 is 11.6 Å². The van der Waals surface area contributed by atoms with E-state index in [0.717, 1.165) is 28.0 Å². The molecule has 0 unspecified atom stereocenters. The average Bonchev–Trinajstić information content (AvgIpc) is 2.94. The van der Waals surface area contributed by atoms with Crippen molar-refractivity contribution in [2.24, 2.45) is 0 Å². The number of fused-ring (bicyclic) bond motifs is 1. The van der Waals surface area contributed by atoms with Crippen LogP contribution in [-0.2, 0) is 6.54 Å². The van der Waals surface area contributed by atoms with Gasteiger partial charge in [-0.25, -0.2) is 0 Å². The Morgan fingerprint density at radius 3 is 3.00 bits per heavy atom. The standard InChI is InChI=1S/C14H12ClN3OSe/c1-19-13-6-5-10(15)7-9(13)8-16-11-3-2-4-12-14(11)18-20-17-12/h2-7,16H,8H2,1H3. The van der Waals surface area contributed by atoms with Crippen LogP contribution in [0.2, 0.25) is 5.02 Å². The number of nitrogens with one attached hydrogen (secondary N) is 1. The number of ether oxygens (including phenoxy) is 1. The van der Waals surface area contributed by atoms with Gasteiger partial charge in [0.2, 0.25) is 0 Å². The molecular weight excluding hydrogens is 341 g/mol. The van der Waals surface area contributed by atoms with Gasteiger partial charge in [0.1, 0.15) is 0 Å². The molecule has 0 saturated heterocycles. The average molecular weight is 353 g/mol. The van der Waals surface area contributed by atoms with Crippen molar-refractivity contribution in [1.29, 1.82) is 0 Å². The summed E-state index contributed by atoms with van der Waals surface area (Å²) in [5.41, 5.74) is 3.92. The monoisotopic (exact) mass is 353 g/mol. The van der Waals surface area contributed by atoms with Gasteiger partial charge in [0.25, 0.3) is 0 Å². The zero-order valence-electron chi connectivity index (χ0n) is 10.8. The number of hydrogen-bond donors (Lipinski definition) is 1. The van der Waals surface area contributed by atoms with Crippen molar-refractivity contribution in [2.45, 2.75) is 6.54 Å². The molecule has 102 valence electrons. The molecule has 0 aliphatic heterocycles. The molecule has 0 atom stereocenters. The number of aromatic nitrogens is 2. The van der Waals surface area contributed by atoms with Gasteiger partial charge in [-0.15, -0.1) is 0 Å². The van der Waals surface area contributed by atoms with E-state index >= 15 is 0 Å². The van der Waals surface area contributed by atoms with E-state index in [1.807, 2.05) is 36.4 Å². The molecule has 0 spiro atoms. The number of halogens is 1. The van der Waals surface area contributed by atoms with Gasteiger partial charge in [-0.2, -0.15) is 0 Å². The van der Waals surface area contributed by atoms with Gasteiger partial charge in [-0.05, 0) is 0 Å². The first-order valence-electron chi connectivity index (χ1n) is 6.05. The summed E-state index contributed by atoms with van der Waals surface area (Å²) in [7, 11) is 1.66. The van der Waals surface area contributed by atoms with Crippen molar-refractivity contribution in [3.63, 3.8) is 0 Å². The van der Waals surface area contributed by atoms with E-state index in [4.69, 9.17) is 16.3 Å². The van der Waals surface area contributed by atoms with E-state index < -0.39 is 0 Å². The first kappa shape index (κ1) is 13.4. The molecule has 2 aromatic carbocycles. The molecule has 1 N–H and O–H groups in total. The van der Waals surface area contributed by atoms with Gasteiger partial charge in [0.05, 0.1) is 0 Å². The zero-order chi connectivity index (χ0) is 13.9. The van der Waals surface area contributed by atoms with Crippen LogP contribution < -0.4 is 10.1 Å². The molecule has 0 bridgehead atoms. The summed E-state index contributed by atoms with van der Waals surface area (Å²) >= 11 is 6.01. The van der Waals surface area contributed by atoms with E-state index in [0.29, 0.717) is 11.6 Å². The molecule has 1 aromatic heterocycles. The van der Waals surface area contributed by atoms with Crippen LogP contribution in [0.4, 0.5) is 5.69 Å². The number of benzene rings is 2. The Balaban J connectivity index is 1.86. The summed E-state index contributed by atoms with van der Waals surface area (Å²) in [6, 6.07) is 11.6. The van der Waals surface area contributed by atoms with Gasteiger partial charge < -0.3 is 0 Å². The van der Waals surface area contributed by atoms with Crippen molar-refractivity contribution < 1.29 is 4.74 Å². The van der Waals surface area contributed by atoms with Crippen LogP contribution in [0, 0.1) is 0 Å². The Kier molecular flexibility index (Phi) is 3.92. The maximum absolute atomic E-state index is 6.03. The Bertz CT molecular complexity index is 744. The number of hydrogen-bond acceptors (Lipinski definition) is 4. The summed E-state index contributed by atoms with van der Waals surface area (Å²) in [4.78, 5) is 0. The molecule has 0 aliphatic carbocycles. The van der Waals surface area contributed by atoms with E-state index in [2.05, 4.69) is 13.3 Å². The molecular formula is C14H12ClN3OSe. The fraction of sp³-hybridized carbons (Fsp3) is 0.143. The third kappa shape index (κ3) is 2.66. The second-order valence-electron chi connectivity index (χ2n) is 4.25. The van der Waals surface area contributed by atoms with E-state index in [1.54, 1.807) is 7.11 Å². The van der Waals surface area contributed by atoms with Gasteiger partial charge in [-0.1, -0.05) is 0 Å². The normalized spacial score (nSPS) is 10.7. The van der Waals surface area contributed by atoms with Gasteiger partial charge in [0, 0.05) is 0 Å². The molecule has 0 aliphatic rings. The quantitative estimate of drug-likeness (QED) is 0.733. The predicted molar refractivity (Wildman–Crippen MR) is 81.8 cm³/mol. The fourth-order valence-electron chi connectivity index (χ4n) is 2.02. The third-order valence-electron chi connectivity index (χ3n) is 3.00. The van der Waals surface area contributed by atoms with Gasteiger partial charge >= 0.3 is 128 Å². The summed E-state index contributed by atoms with van der Waals surface area (Å²) in [5.74, 6) is 0.820. The molecule has 4 nitrogen and oxygen atoms in total. The van der Waals surface area contributed by atoms with E-state index in [-0.39, 0.29) is 15.0 Å². The second-order valence-corrected chi connectivity index (χ2v) is 5.79. The van der Waals surface area contributed by atoms with Crippen molar-refractivity contribution in [1.82, 2.24) is 7.96 Å². The molecule has 6 heteroatoms. The van der Waals surface area contributed by atoms with E-state index in [9.17, 15) is 0 Å². The Morgan fingerprint density at radius 1 is 1.25 bits per heavy atom. The van der Waals surface area contributed by atoms with Crippen LogP contribution in [0.1, 0.15) is 5.56 Å². The summed E-state index contributed by atoms with van der Waals surface area (Å²) in [6.45, 7) is 0.628. The molecule has 0 radical (unpaired) electrons. The Labute approximate surface area is 128 Å². The van der Waals surface area contributed by atoms with Crippen molar-refractivity contribution >= 4 is 43.3 Å². The SMILES string of the molecule is COc1ccc(Cl)cc1CNc1cccc2n[se]nc12. The second kappa shape index (κ2) is 5.83. The molecule has 20 heavy (non-hydrogen) atoms. The fourth-order valence-corrected chi connectivity index (χ4v) is 3.37. The molecule has 0 amide bonds. The van der Waals surface area contributed by atoms with Crippen molar-refractivity contribution in [3.8, 4) is 5.75 Å². The van der Waals surface area contributed by atoms with Crippen LogP contribution in [0.5, 0.6) is 5.75 Å². The molecule has 0 saturated carbocycles. The Morgan fingerprint density at radius 2 is 2.15 bits per heavy atom. The zero-order valence-corrected chi connectivity index (χ0v) is 13.2. The first-order chi connectivity index (χ1) is 9.78. The minimum absolute atomic E-state index is 0.0200. The maximum atomic E-state index is 6.03. The summed E-state index contributed by atoms with van der Waals surface area (Å²) < 4.78 is 14.2. The number of rotatable bonds is 4. The van der Waals surface area contributed by atoms with Crippen LogP contribution in [0.25, 0.3) is 11.0 Å². The number of methoxy groups -OCH3 is 1. The van der Waals surface area contributed by atoms with Crippen LogP contribution in [0.15, 0.2) is 36.4 Å². The van der Waals surface area contributed by atoms with Crippen LogP contribution in [-0.4, -0.2) is 30.0 Å². The molecule has 1 heterocycles. The third-order valence-corrected chi connectivity index (χ3v) is 4.37. The van der Waals surface area contributed by atoms with E-state index in [1.165, 1.54) is 0 Å². The minimum atomic E-state index is -0.0200. The van der Waals surface area contributed by atoms with Crippen molar-refractivity contribution in [2.75, 3.05) is 12.4 Å². The summed E-state index contributed by atoms with van der Waals surface area (Å²) in [5, 5.41) is 4.08. The Hall–Kier alpha value is -1.55. The number of nitrogens with zero attached hydrogens (tertiary/aromatic N) is 2. The number of anilines is 1. The van der Waals surface area contributed by atoms with Crippen LogP contribution in [0.3, 0.4) is 0 Å². The summed E-state index contributed by atoms with van der Waals surface area (Å²) in [6.07, 6.45) is 0. The first-order valence-corrected chi connectivity index (χ1v) is 7.96. The van der Waals surface area contributed by atoms with Gasteiger partial charge in [0.15, 0.2) is 0 Å². The van der Waals surface area contributed by atoms with Crippen molar-refractivity contribution in [3.05, 3.63) is 47.0 Å². The molecule has 3 aromatic rings. The molecule has 0 fully saturated rings. The topological polar surface area (TPSA) is 47.0 Å². The van der Waals surface area contributed by atoms with Gasteiger partial charge in [-0.3, -0.25) is 0 Å². The predicted octanol–water partition coefficient (Wildman–Crippen LogP) is 2.96. The molecule has 3 rings (SSSR count).